The van der Waals surface area contributed by atoms with Gasteiger partial charge in [-0.05, 0) is 62.1 Å². The number of nitrogen functional groups attached to an aromatic ring is 1. The van der Waals surface area contributed by atoms with Crippen LogP contribution in [0.2, 0.25) is 5.02 Å². The van der Waals surface area contributed by atoms with Crippen molar-refractivity contribution in [2.75, 3.05) is 23.7 Å². The molecular formula is C25H26ClFN6. The van der Waals surface area contributed by atoms with E-state index in [2.05, 4.69) is 14.9 Å². The Morgan fingerprint density at radius 2 is 1.85 bits per heavy atom. The van der Waals surface area contributed by atoms with Gasteiger partial charge in [0.2, 0.25) is 0 Å². The first kappa shape index (κ1) is 21.7. The fourth-order valence-corrected chi connectivity index (χ4v) is 4.94. The number of aromatic nitrogens is 3. The number of imidazole rings is 1. The van der Waals surface area contributed by atoms with Crippen molar-refractivity contribution in [2.24, 2.45) is 5.73 Å². The van der Waals surface area contributed by atoms with Crippen LogP contribution in [-0.4, -0.2) is 34.1 Å². The molecular weight excluding hydrogens is 439 g/mol. The third kappa shape index (κ3) is 3.92. The van der Waals surface area contributed by atoms with Crippen LogP contribution in [0.4, 0.5) is 15.9 Å². The van der Waals surface area contributed by atoms with Crippen molar-refractivity contribution >= 4 is 34.1 Å². The molecule has 8 heteroatoms. The zero-order valence-electron chi connectivity index (χ0n) is 18.6. The zero-order chi connectivity index (χ0) is 23.3. The lowest BCUT2D eigenvalue weighted by Gasteiger charge is -2.35. The fourth-order valence-electron chi connectivity index (χ4n) is 4.72. The van der Waals surface area contributed by atoms with Gasteiger partial charge in [-0.3, -0.25) is 0 Å². The van der Waals surface area contributed by atoms with Gasteiger partial charge in [0.25, 0.3) is 0 Å². The quantitative estimate of drug-likeness (QED) is 0.386. The largest absolute Gasteiger partial charge is 0.383 e. The van der Waals surface area contributed by atoms with E-state index in [4.69, 9.17) is 28.1 Å². The number of halogens is 2. The highest BCUT2D eigenvalue weighted by molar-refractivity contribution is 6.35. The van der Waals surface area contributed by atoms with E-state index in [9.17, 15) is 4.39 Å². The van der Waals surface area contributed by atoms with Crippen LogP contribution in [0.5, 0.6) is 0 Å². The normalized spacial score (nSPS) is 14.9. The molecule has 0 amide bonds. The van der Waals surface area contributed by atoms with Crippen LogP contribution in [0, 0.1) is 19.7 Å². The number of para-hydroxylation sites is 1. The van der Waals surface area contributed by atoms with Crippen LogP contribution >= 0.6 is 11.6 Å². The number of hydrogen-bond acceptors (Lipinski definition) is 5. The van der Waals surface area contributed by atoms with Crippen molar-refractivity contribution in [1.82, 2.24) is 15.0 Å². The number of pyridine rings is 1. The van der Waals surface area contributed by atoms with Crippen LogP contribution in [0.3, 0.4) is 0 Å². The van der Waals surface area contributed by atoms with Gasteiger partial charge in [-0.25, -0.2) is 14.4 Å². The van der Waals surface area contributed by atoms with E-state index in [1.165, 1.54) is 6.07 Å². The van der Waals surface area contributed by atoms with E-state index in [1.54, 1.807) is 12.1 Å². The summed E-state index contributed by atoms with van der Waals surface area (Å²) in [4.78, 5) is 15.1. The molecule has 5 N–H and O–H groups in total. The zero-order valence-corrected chi connectivity index (χ0v) is 19.4. The Labute approximate surface area is 196 Å². The molecule has 1 aliphatic rings. The van der Waals surface area contributed by atoms with E-state index < -0.39 is 0 Å². The first-order valence-electron chi connectivity index (χ1n) is 11.0. The molecule has 5 rings (SSSR count). The summed E-state index contributed by atoms with van der Waals surface area (Å²) in [5.41, 5.74) is 19.0. The minimum atomic E-state index is -0.287. The second-order valence-electron chi connectivity index (χ2n) is 8.74. The Morgan fingerprint density at radius 3 is 2.55 bits per heavy atom. The highest BCUT2D eigenvalue weighted by Gasteiger charge is 2.28. The molecule has 0 unspecified atom stereocenters. The van der Waals surface area contributed by atoms with E-state index in [0.717, 1.165) is 59.5 Å². The van der Waals surface area contributed by atoms with E-state index in [-0.39, 0.29) is 11.9 Å². The second-order valence-corrected chi connectivity index (χ2v) is 9.15. The number of aromatic amines is 1. The molecule has 6 nitrogen and oxygen atoms in total. The number of rotatable bonds is 3. The third-order valence-corrected chi connectivity index (χ3v) is 6.57. The smallest absolute Gasteiger partial charge is 0.144 e. The summed E-state index contributed by atoms with van der Waals surface area (Å²) in [6, 6.07) is 10.8. The van der Waals surface area contributed by atoms with Crippen molar-refractivity contribution in [1.29, 1.82) is 0 Å². The van der Waals surface area contributed by atoms with Gasteiger partial charge in [-0.2, -0.15) is 0 Å². The minimum absolute atomic E-state index is 0.162. The molecule has 0 bridgehead atoms. The average molecular weight is 465 g/mol. The molecule has 0 aliphatic carbocycles. The van der Waals surface area contributed by atoms with Crippen molar-refractivity contribution in [3.05, 3.63) is 58.5 Å². The number of piperidine rings is 1. The molecule has 2 aromatic carbocycles. The number of anilines is 2. The molecule has 2 aromatic heterocycles. The number of fused-ring (bicyclic) bond motifs is 1. The highest BCUT2D eigenvalue weighted by atomic mass is 35.5. The van der Waals surface area contributed by atoms with Crippen LogP contribution in [0.25, 0.3) is 33.5 Å². The van der Waals surface area contributed by atoms with Crippen LogP contribution in [-0.2, 0) is 0 Å². The van der Waals surface area contributed by atoms with E-state index >= 15 is 0 Å². The average Bonchev–Trinajstić information content (AvgIpc) is 3.18. The number of H-pyrrole nitrogens is 1. The Kier molecular flexibility index (Phi) is 5.46. The fraction of sp³-hybridized carbons (Fsp3) is 0.280. The maximum atomic E-state index is 14.4. The molecule has 4 aromatic rings. The summed E-state index contributed by atoms with van der Waals surface area (Å²) < 4.78 is 14.4. The van der Waals surface area contributed by atoms with Gasteiger partial charge in [0.05, 0.1) is 21.8 Å². The lowest BCUT2D eigenvalue weighted by molar-refractivity contribution is 0.501. The highest BCUT2D eigenvalue weighted by Crippen LogP contribution is 2.44. The Balaban J connectivity index is 1.82. The number of nitrogens with zero attached hydrogens (tertiary/aromatic N) is 3. The molecule has 33 heavy (non-hydrogen) atoms. The van der Waals surface area contributed by atoms with Gasteiger partial charge < -0.3 is 21.4 Å². The van der Waals surface area contributed by atoms with Crippen LogP contribution in [0.15, 0.2) is 36.4 Å². The number of aryl methyl sites for hydroxylation is 2. The van der Waals surface area contributed by atoms with Gasteiger partial charge in [0, 0.05) is 30.4 Å². The van der Waals surface area contributed by atoms with Crippen molar-refractivity contribution < 1.29 is 4.39 Å². The number of nitrogens with one attached hydrogen (secondary N) is 1. The summed E-state index contributed by atoms with van der Waals surface area (Å²) in [6.45, 7) is 5.32. The molecule has 0 saturated carbocycles. The number of benzene rings is 2. The summed E-state index contributed by atoms with van der Waals surface area (Å²) in [6.07, 6.45) is 1.71. The first-order chi connectivity index (χ1) is 15.8. The number of nitrogens with two attached hydrogens (primary N) is 2. The summed E-state index contributed by atoms with van der Waals surface area (Å²) in [5, 5.41) is 0.556. The topological polar surface area (TPSA) is 96.8 Å². The van der Waals surface area contributed by atoms with E-state index in [1.807, 2.05) is 32.0 Å². The minimum Gasteiger partial charge on any atom is -0.383 e. The maximum absolute atomic E-state index is 14.4. The molecule has 3 heterocycles. The predicted octanol–water partition coefficient (Wildman–Crippen LogP) is 5.21. The van der Waals surface area contributed by atoms with Crippen molar-refractivity contribution in [3.63, 3.8) is 0 Å². The summed E-state index contributed by atoms with van der Waals surface area (Å²) >= 11 is 6.39. The summed E-state index contributed by atoms with van der Waals surface area (Å²) in [5.74, 6) is 0.664. The van der Waals surface area contributed by atoms with Gasteiger partial charge in [0.15, 0.2) is 0 Å². The van der Waals surface area contributed by atoms with Gasteiger partial charge in [0.1, 0.15) is 23.0 Å². The lowest BCUT2D eigenvalue weighted by Crippen LogP contribution is -2.40. The Morgan fingerprint density at radius 1 is 1.09 bits per heavy atom. The SMILES string of the molecule is Cc1cc(F)cc(-c2c(C)nc(N)c(-c3nc4c(Cl)cccc4[nH]3)c2N2CCC(N)CC2)c1. The van der Waals surface area contributed by atoms with Gasteiger partial charge in [-0.15, -0.1) is 0 Å². The van der Waals surface area contributed by atoms with E-state index in [0.29, 0.717) is 27.7 Å². The standard InChI is InChI=1S/C25H26ClFN6/c1-13-10-15(12-16(27)11-13)20-14(2)30-24(29)21(23(20)33-8-6-17(28)7-9-33)25-31-19-5-3-4-18(26)22(19)32-25/h3-5,10-12,17H,6-9,28H2,1-2H3,(H2,29,30)(H,31,32). The van der Waals surface area contributed by atoms with Gasteiger partial charge >= 0.3 is 0 Å². The summed E-state index contributed by atoms with van der Waals surface area (Å²) in [7, 11) is 0. The molecule has 0 radical (unpaired) electrons. The molecule has 170 valence electrons. The van der Waals surface area contributed by atoms with Crippen LogP contribution < -0.4 is 16.4 Å². The monoisotopic (exact) mass is 464 g/mol. The molecule has 0 atom stereocenters. The number of hydrogen-bond donors (Lipinski definition) is 3. The van der Waals surface area contributed by atoms with Gasteiger partial charge in [-0.1, -0.05) is 23.7 Å². The molecule has 1 fully saturated rings. The Bertz CT molecular complexity index is 1340. The Hall–Kier alpha value is -3.16. The maximum Gasteiger partial charge on any atom is 0.144 e. The predicted molar refractivity (Wildman–Crippen MR) is 133 cm³/mol. The second kappa shape index (κ2) is 8.32. The van der Waals surface area contributed by atoms with Crippen molar-refractivity contribution in [2.45, 2.75) is 32.7 Å². The van der Waals surface area contributed by atoms with Crippen molar-refractivity contribution in [3.8, 4) is 22.5 Å². The third-order valence-electron chi connectivity index (χ3n) is 6.27. The molecule has 0 spiro atoms. The molecule has 1 aliphatic heterocycles. The first-order valence-corrected chi connectivity index (χ1v) is 11.4. The van der Waals surface area contributed by atoms with Crippen LogP contribution in [0.1, 0.15) is 24.1 Å². The molecule has 1 saturated heterocycles. The lowest BCUT2D eigenvalue weighted by atomic mass is 9.94.